The molecule has 0 aromatic carbocycles. The van der Waals surface area contributed by atoms with E-state index < -0.39 is 9.84 Å². The molecule has 1 fully saturated rings. The van der Waals surface area contributed by atoms with Crippen LogP contribution < -0.4 is 0 Å². The summed E-state index contributed by atoms with van der Waals surface area (Å²) in [5.74, 6) is 1.78. The van der Waals surface area contributed by atoms with Crippen LogP contribution in [0, 0.1) is 17.8 Å². The van der Waals surface area contributed by atoms with Gasteiger partial charge >= 0.3 is 0 Å². The maximum Gasteiger partial charge on any atom is 0.150 e. The van der Waals surface area contributed by atoms with Gasteiger partial charge in [0, 0.05) is 18.1 Å². The first-order valence-corrected chi connectivity index (χ1v) is 8.41. The van der Waals surface area contributed by atoms with Crippen molar-refractivity contribution in [1.82, 2.24) is 0 Å². The second-order valence-corrected chi connectivity index (χ2v) is 7.94. The second-order valence-electron chi connectivity index (χ2n) is 5.47. The van der Waals surface area contributed by atoms with Crippen LogP contribution in [0.5, 0.6) is 0 Å². The highest BCUT2D eigenvalue weighted by Gasteiger charge is 2.30. The lowest BCUT2D eigenvalue weighted by molar-refractivity contribution is -0.126. The van der Waals surface area contributed by atoms with Gasteiger partial charge in [-0.05, 0) is 31.1 Å². The van der Waals surface area contributed by atoms with Crippen molar-refractivity contribution < 1.29 is 13.2 Å². The van der Waals surface area contributed by atoms with Gasteiger partial charge in [0.2, 0.25) is 0 Å². The molecular weight excluding hydrogens is 236 g/mol. The normalized spacial score (nSPS) is 26.5. The third kappa shape index (κ3) is 4.41. The highest BCUT2D eigenvalue weighted by atomic mass is 32.2. The van der Waals surface area contributed by atoms with E-state index in [2.05, 4.69) is 13.8 Å². The highest BCUT2D eigenvalue weighted by Crippen LogP contribution is 2.33. The third-order valence-electron chi connectivity index (χ3n) is 3.96. The average molecular weight is 260 g/mol. The zero-order chi connectivity index (χ0) is 13.1. The van der Waals surface area contributed by atoms with Gasteiger partial charge in [0.05, 0.1) is 5.75 Å². The SMILES string of the molecule is CCS(=O)(=O)CCC1CC(C(C)C)CCC1=O. The topological polar surface area (TPSA) is 51.2 Å². The van der Waals surface area contributed by atoms with Gasteiger partial charge in [-0.2, -0.15) is 0 Å². The van der Waals surface area contributed by atoms with Gasteiger partial charge in [-0.3, -0.25) is 4.79 Å². The summed E-state index contributed by atoms with van der Waals surface area (Å²) in [6.07, 6.45) is 3.03. The fourth-order valence-corrected chi connectivity index (χ4v) is 3.43. The summed E-state index contributed by atoms with van der Waals surface area (Å²) in [6, 6.07) is 0. The molecule has 0 amide bonds. The fraction of sp³-hybridized carbons (Fsp3) is 0.923. The molecule has 2 unspecified atom stereocenters. The molecule has 17 heavy (non-hydrogen) atoms. The summed E-state index contributed by atoms with van der Waals surface area (Å²) in [5, 5.41) is 0. The van der Waals surface area contributed by atoms with Crippen molar-refractivity contribution in [2.45, 2.75) is 46.5 Å². The van der Waals surface area contributed by atoms with Crippen molar-refractivity contribution in [2.75, 3.05) is 11.5 Å². The van der Waals surface area contributed by atoms with Crippen molar-refractivity contribution in [3.63, 3.8) is 0 Å². The maximum atomic E-state index is 11.8. The third-order valence-corrected chi connectivity index (χ3v) is 5.70. The molecule has 0 bridgehead atoms. The Morgan fingerprint density at radius 1 is 1.35 bits per heavy atom. The van der Waals surface area contributed by atoms with Gasteiger partial charge in [-0.1, -0.05) is 20.8 Å². The number of sulfone groups is 1. The largest absolute Gasteiger partial charge is 0.299 e. The van der Waals surface area contributed by atoms with Crippen molar-refractivity contribution >= 4 is 15.6 Å². The van der Waals surface area contributed by atoms with Crippen molar-refractivity contribution in [3.05, 3.63) is 0 Å². The number of carbonyl (C=O) groups is 1. The van der Waals surface area contributed by atoms with Gasteiger partial charge in [-0.15, -0.1) is 0 Å². The van der Waals surface area contributed by atoms with E-state index in [4.69, 9.17) is 0 Å². The molecule has 4 heteroatoms. The minimum absolute atomic E-state index is 0.0162. The summed E-state index contributed by atoms with van der Waals surface area (Å²) in [7, 11) is -2.93. The van der Waals surface area contributed by atoms with Crippen LogP contribution in [-0.4, -0.2) is 25.7 Å². The van der Waals surface area contributed by atoms with Gasteiger partial charge in [-0.25, -0.2) is 8.42 Å². The highest BCUT2D eigenvalue weighted by molar-refractivity contribution is 7.91. The lowest BCUT2D eigenvalue weighted by Crippen LogP contribution is -2.29. The number of rotatable bonds is 5. The van der Waals surface area contributed by atoms with E-state index in [0.29, 0.717) is 24.7 Å². The lowest BCUT2D eigenvalue weighted by atomic mass is 9.75. The quantitative estimate of drug-likeness (QED) is 0.763. The predicted octanol–water partition coefficient (Wildman–Crippen LogP) is 2.45. The Kier molecular flexibility index (Phi) is 5.17. The molecule has 0 radical (unpaired) electrons. The first-order chi connectivity index (χ1) is 7.85. The first kappa shape index (κ1) is 14.7. The number of hydrogen-bond acceptors (Lipinski definition) is 3. The molecule has 1 saturated carbocycles. The van der Waals surface area contributed by atoms with Gasteiger partial charge < -0.3 is 0 Å². The summed E-state index contributed by atoms with van der Waals surface area (Å²) in [5.41, 5.74) is 0. The van der Waals surface area contributed by atoms with E-state index in [9.17, 15) is 13.2 Å². The molecule has 0 N–H and O–H groups in total. The fourth-order valence-electron chi connectivity index (χ4n) is 2.50. The Morgan fingerprint density at radius 3 is 2.53 bits per heavy atom. The van der Waals surface area contributed by atoms with E-state index in [1.54, 1.807) is 6.92 Å². The van der Waals surface area contributed by atoms with Gasteiger partial charge in [0.1, 0.15) is 15.6 Å². The van der Waals surface area contributed by atoms with Crippen LogP contribution in [0.1, 0.15) is 46.5 Å². The van der Waals surface area contributed by atoms with Crippen LogP contribution in [0.15, 0.2) is 0 Å². The molecule has 0 aliphatic heterocycles. The monoisotopic (exact) mass is 260 g/mol. The summed E-state index contributed by atoms with van der Waals surface area (Å²) in [4.78, 5) is 11.8. The van der Waals surface area contributed by atoms with E-state index in [0.717, 1.165) is 12.8 Å². The lowest BCUT2D eigenvalue weighted by Gasteiger charge is -2.30. The van der Waals surface area contributed by atoms with Crippen LogP contribution in [0.2, 0.25) is 0 Å². The molecule has 1 aliphatic rings. The zero-order valence-corrected chi connectivity index (χ0v) is 11.9. The molecule has 0 aromatic heterocycles. The summed E-state index contributed by atoms with van der Waals surface area (Å²) >= 11 is 0. The predicted molar refractivity (Wildman–Crippen MR) is 69.6 cm³/mol. The molecule has 2 atom stereocenters. The van der Waals surface area contributed by atoms with Gasteiger partial charge in [0.15, 0.2) is 0 Å². The molecule has 0 spiro atoms. The Morgan fingerprint density at radius 2 is 2.00 bits per heavy atom. The molecule has 0 saturated heterocycles. The van der Waals surface area contributed by atoms with Crippen LogP contribution in [-0.2, 0) is 14.6 Å². The summed E-state index contributed by atoms with van der Waals surface area (Å²) < 4.78 is 22.9. The van der Waals surface area contributed by atoms with Crippen LogP contribution in [0.3, 0.4) is 0 Å². The van der Waals surface area contributed by atoms with Crippen molar-refractivity contribution in [1.29, 1.82) is 0 Å². The minimum atomic E-state index is -2.93. The maximum absolute atomic E-state index is 11.8. The molecular formula is C13H24O3S. The van der Waals surface area contributed by atoms with Crippen molar-refractivity contribution in [3.8, 4) is 0 Å². The number of Topliss-reactive ketones (excluding diaryl/α,β-unsaturated/α-hetero) is 1. The molecule has 1 aliphatic carbocycles. The second kappa shape index (κ2) is 5.98. The first-order valence-electron chi connectivity index (χ1n) is 6.59. The van der Waals surface area contributed by atoms with Crippen molar-refractivity contribution in [2.24, 2.45) is 17.8 Å². The summed E-state index contributed by atoms with van der Waals surface area (Å²) in [6.45, 7) is 6.02. The molecule has 0 aromatic rings. The Bertz CT molecular complexity index is 357. The standard InChI is InChI=1S/C13H24O3S/c1-4-17(15,16)8-7-12-9-11(10(2)3)5-6-13(12)14/h10-12H,4-9H2,1-3H3. The van der Waals surface area contributed by atoms with E-state index in [1.807, 2.05) is 0 Å². The Labute approximate surface area is 105 Å². The minimum Gasteiger partial charge on any atom is -0.299 e. The Balaban J connectivity index is 2.54. The van der Waals surface area contributed by atoms with E-state index in [1.165, 1.54) is 0 Å². The average Bonchev–Trinajstić information content (AvgIpc) is 2.27. The number of hydrogen-bond donors (Lipinski definition) is 0. The van der Waals surface area contributed by atoms with Crippen LogP contribution >= 0.6 is 0 Å². The van der Waals surface area contributed by atoms with Gasteiger partial charge in [0.25, 0.3) is 0 Å². The van der Waals surface area contributed by atoms with Crippen LogP contribution in [0.4, 0.5) is 0 Å². The molecule has 0 heterocycles. The smallest absolute Gasteiger partial charge is 0.150 e. The van der Waals surface area contributed by atoms with E-state index in [-0.39, 0.29) is 23.2 Å². The zero-order valence-electron chi connectivity index (χ0n) is 11.1. The number of ketones is 1. The number of carbonyl (C=O) groups excluding carboxylic acids is 1. The Hall–Kier alpha value is -0.380. The molecule has 3 nitrogen and oxygen atoms in total. The van der Waals surface area contributed by atoms with E-state index >= 15 is 0 Å². The molecule has 100 valence electrons. The molecule has 1 rings (SSSR count). The van der Waals surface area contributed by atoms with Crippen LogP contribution in [0.25, 0.3) is 0 Å².